The maximum absolute atomic E-state index is 12.7. The van der Waals surface area contributed by atoms with E-state index in [1.54, 1.807) is 36.1 Å². The monoisotopic (exact) mass is 317 g/mol. The highest BCUT2D eigenvalue weighted by atomic mass is 16.5. The highest BCUT2D eigenvalue weighted by Gasteiger charge is 2.19. The number of nitrogens with zero attached hydrogens (tertiary/aromatic N) is 3. The first-order chi connectivity index (χ1) is 11.2. The van der Waals surface area contributed by atoms with Gasteiger partial charge >= 0.3 is 0 Å². The van der Waals surface area contributed by atoms with E-state index in [-0.39, 0.29) is 5.91 Å². The zero-order chi connectivity index (χ0) is 16.7. The highest BCUT2D eigenvalue weighted by Crippen LogP contribution is 2.14. The molecule has 2 rings (SSSR count). The van der Waals surface area contributed by atoms with E-state index in [2.05, 4.69) is 4.98 Å². The summed E-state index contributed by atoms with van der Waals surface area (Å²) < 4.78 is 12.0. The summed E-state index contributed by atoms with van der Waals surface area (Å²) >= 11 is 0. The van der Waals surface area contributed by atoms with Gasteiger partial charge in [0.2, 0.25) is 0 Å². The van der Waals surface area contributed by atoms with Crippen LogP contribution in [0.25, 0.3) is 0 Å². The van der Waals surface area contributed by atoms with Crippen molar-refractivity contribution >= 4 is 5.91 Å². The molecule has 124 valence electrons. The summed E-state index contributed by atoms with van der Waals surface area (Å²) in [5, 5.41) is 0. The van der Waals surface area contributed by atoms with Crippen LogP contribution < -0.4 is 4.74 Å². The molecule has 0 unspecified atom stereocenters. The minimum atomic E-state index is -0.0792. The minimum Gasteiger partial charge on any atom is -0.497 e. The molecule has 0 spiro atoms. The lowest BCUT2D eigenvalue weighted by Crippen LogP contribution is -2.33. The Labute approximate surface area is 136 Å². The third-order valence-corrected chi connectivity index (χ3v) is 3.61. The summed E-state index contributed by atoms with van der Waals surface area (Å²) in [6, 6.07) is 7.73. The molecule has 0 aliphatic heterocycles. The molecule has 23 heavy (non-hydrogen) atoms. The predicted molar refractivity (Wildman–Crippen MR) is 87.4 cm³/mol. The number of aromatic nitrogens is 2. The predicted octanol–water partition coefficient (Wildman–Crippen LogP) is 2.11. The number of aryl methyl sites for hydroxylation is 1. The second-order valence-electron chi connectivity index (χ2n) is 5.28. The van der Waals surface area contributed by atoms with Crippen LogP contribution >= 0.6 is 0 Å². The van der Waals surface area contributed by atoms with Crippen LogP contribution in [-0.2, 0) is 18.3 Å². The van der Waals surface area contributed by atoms with Crippen molar-refractivity contribution < 1.29 is 14.3 Å². The van der Waals surface area contributed by atoms with E-state index in [1.807, 2.05) is 31.3 Å². The van der Waals surface area contributed by atoms with Gasteiger partial charge < -0.3 is 18.9 Å². The molecule has 0 N–H and O–H groups in total. The number of carbonyl (C=O) groups is 1. The van der Waals surface area contributed by atoms with Gasteiger partial charge in [-0.25, -0.2) is 4.98 Å². The molecule has 2 aromatic rings. The third-order valence-electron chi connectivity index (χ3n) is 3.61. The first kappa shape index (κ1) is 17.0. The molecule has 0 saturated heterocycles. The molecule has 0 aliphatic rings. The SMILES string of the molecule is COCCCN(Cc1ccc(OC)cc1)C(=O)c1nccn1C. The summed E-state index contributed by atoms with van der Waals surface area (Å²) in [4.78, 5) is 18.7. The van der Waals surface area contributed by atoms with E-state index in [4.69, 9.17) is 9.47 Å². The zero-order valence-corrected chi connectivity index (χ0v) is 13.9. The van der Waals surface area contributed by atoms with Gasteiger partial charge in [-0.2, -0.15) is 0 Å². The van der Waals surface area contributed by atoms with Crippen molar-refractivity contribution in [3.05, 3.63) is 48.0 Å². The lowest BCUT2D eigenvalue weighted by atomic mass is 10.2. The Kier molecular flexibility index (Phi) is 6.17. The summed E-state index contributed by atoms with van der Waals surface area (Å²) in [7, 11) is 5.12. The number of benzene rings is 1. The third kappa shape index (κ3) is 4.56. The standard InChI is InChI=1S/C17H23N3O3/c1-19-11-9-18-16(19)17(21)20(10-4-12-22-2)13-14-5-7-15(23-3)8-6-14/h5-9,11H,4,10,12-13H2,1-3H3. The molecule has 0 fully saturated rings. The Morgan fingerprint density at radius 1 is 1.26 bits per heavy atom. The number of hydrogen-bond donors (Lipinski definition) is 0. The van der Waals surface area contributed by atoms with E-state index >= 15 is 0 Å². The van der Waals surface area contributed by atoms with Gasteiger partial charge in [-0.1, -0.05) is 12.1 Å². The van der Waals surface area contributed by atoms with Gasteiger partial charge in [-0.15, -0.1) is 0 Å². The van der Waals surface area contributed by atoms with Crippen LogP contribution in [0.15, 0.2) is 36.7 Å². The topological polar surface area (TPSA) is 56.6 Å². The Morgan fingerprint density at radius 2 is 2.00 bits per heavy atom. The number of amides is 1. The molecule has 0 saturated carbocycles. The number of imidazole rings is 1. The molecule has 6 nitrogen and oxygen atoms in total. The number of carbonyl (C=O) groups excluding carboxylic acids is 1. The van der Waals surface area contributed by atoms with Crippen molar-refractivity contribution in [2.45, 2.75) is 13.0 Å². The fourth-order valence-electron chi connectivity index (χ4n) is 2.32. The quantitative estimate of drug-likeness (QED) is 0.700. The highest BCUT2D eigenvalue weighted by molar-refractivity contribution is 5.90. The molecule has 1 heterocycles. The molecular formula is C17H23N3O3. The fraction of sp³-hybridized carbons (Fsp3) is 0.412. The van der Waals surface area contributed by atoms with Crippen LogP contribution in [0, 0.1) is 0 Å². The van der Waals surface area contributed by atoms with Crippen molar-refractivity contribution in [3.63, 3.8) is 0 Å². The minimum absolute atomic E-state index is 0.0792. The second-order valence-corrected chi connectivity index (χ2v) is 5.28. The van der Waals surface area contributed by atoms with Gasteiger partial charge in [0.25, 0.3) is 5.91 Å². The van der Waals surface area contributed by atoms with E-state index in [9.17, 15) is 4.79 Å². The fourth-order valence-corrected chi connectivity index (χ4v) is 2.32. The second kappa shape index (κ2) is 8.33. The van der Waals surface area contributed by atoms with E-state index < -0.39 is 0 Å². The van der Waals surface area contributed by atoms with Crippen molar-refractivity contribution in [1.29, 1.82) is 0 Å². The van der Waals surface area contributed by atoms with Gasteiger partial charge in [-0.3, -0.25) is 4.79 Å². The van der Waals surface area contributed by atoms with Crippen LogP contribution in [0.4, 0.5) is 0 Å². The molecule has 0 bridgehead atoms. The van der Waals surface area contributed by atoms with Crippen LogP contribution in [-0.4, -0.2) is 47.7 Å². The van der Waals surface area contributed by atoms with Crippen LogP contribution in [0.3, 0.4) is 0 Å². The molecule has 1 aromatic heterocycles. The van der Waals surface area contributed by atoms with Crippen molar-refractivity contribution in [2.75, 3.05) is 27.4 Å². The van der Waals surface area contributed by atoms with Crippen LogP contribution in [0.5, 0.6) is 5.75 Å². The Hall–Kier alpha value is -2.34. The zero-order valence-electron chi connectivity index (χ0n) is 13.9. The van der Waals surface area contributed by atoms with Crippen molar-refractivity contribution in [3.8, 4) is 5.75 Å². The molecule has 0 atom stereocenters. The summed E-state index contributed by atoms with van der Waals surface area (Å²) in [6.07, 6.45) is 4.19. The number of rotatable bonds is 8. The van der Waals surface area contributed by atoms with Crippen molar-refractivity contribution in [2.24, 2.45) is 7.05 Å². The van der Waals surface area contributed by atoms with E-state index in [1.165, 1.54) is 0 Å². The molecule has 0 radical (unpaired) electrons. The van der Waals surface area contributed by atoms with Gasteiger partial charge in [0.15, 0.2) is 5.82 Å². The van der Waals surface area contributed by atoms with Gasteiger partial charge in [0.05, 0.1) is 7.11 Å². The van der Waals surface area contributed by atoms with Crippen molar-refractivity contribution in [1.82, 2.24) is 14.5 Å². The largest absolute Gasteiger partial charge is 0.497 e. The number of methoxy groups -OCH3 is 2. The summed E-state index contributed by atoms with van der Waals surface area (Å²) in [5.41, 5.74) is 1.05. The molecular weight excluding hydrogens is 294 g/mol. The average Bonchev–Trinajstić information content (AvgIpc) is 3.00. The first-order valence-corrected chi connectivity index (χ1v) is 7.54. The van der Waals surface area contributed by atoms with E-state index in [0.717, 1.165) is 17.7 Å². The number of ether oxygens (including phenoxy) is 2. The Balaban J connectivity index is 2.12. The molecule has 6 heteroatoms. The maximum Gasteiger partial charge on any atom is 0.290 e. The lowest BCUT2D eigenvalue weighted by molar-refractivity contribution is 0.0708. The average molecular weight is 317 g/mol. The molecule has 0 aliphatic carbocycles. The lowest BCUT2D eigenvalue weighted by Gasteiger charge is -2.22. The maximum atomic E-state index is 12.7. The molecule has 1 amide bonds. The van der Waals surface area contributed by atoms with Crippen LogP contribution in [0.1, 0.15) is 22.6 Å². The Bertz CT molecular complexity index is 622. The number of hydrogen-bond acceptors (Lipinski definition) is 4. The van der Waals surface area contributed by atoms with Gasteiger partial charge in [0, 0.05) is 46.2 Å². The van der Waals surface area contributed by atoms with Gasteiger partial charge in [0.1, 0.15) is 5.75 Å². The van der Waals surface area contributed by atoms with E-state index in [0.29, 0.717) is 25.5 Å². The first-order valence-electron chi connectivity index (χ1n) is 7.54. The normalized spacial score (nSPS) is 10.6. The smallest absolute Gasteiger partial charge is 0.290 e. The Morgan fingerprint density at radius 3 is 2.57 bits per heavy atom. The van der Waals surface area contributed by atoms with Gasteiger partial charge in [-0.05, 0) is 24.1 Å². The molecule has 1 aromatic carbocycles. The summed E-state index contributed by atoms with van der Waals surface area (Å²) in [5.74, 6) is 1.16. The summed E-state index contributed by atoms with van der Waals surface area (Å²) in [6.45, 7) is 1.76. The van der Waals surface area contributed by atoms with Crippen LogP contribution in [0.2, 0.25) is 0 Å².